The first-order valence-electron chi connectivity index (χ1n) is 8.41. The molecule has 4 rings (SSSR count). The van der Waals surface area contributed by atoms with Gasteiger partial charge < -0.3 is 14.4 Å². The second-order valence-corrected chi connectivity index (χ2v) is 7.01. The number of thiazole rings is 1. The summed E-state index contributed by atoms with van der Waals surface area (Å²) < 4.78 is 11.9. The lowest BCUT2D eigenvalue weighted by atomic mass is 10.1. The van der Waals surface area contributed by atoms with Crippen LogP contribution in [-0.4, -0.2) is 52.1 Å². The van der Waals surface area contributed by atoms with Crippen molar-refractivity contribution in [2.45, 2.75) is 18.9 Å². The highest BCUT2D eigenvalue weighted by Crippen LogP contribution is 2.25. The summed E-state index contributed by atoms with van der Waals surface area (Å²) in [6.07, 6.45) is 3.13. The van der Waals surface area contributed by atoms with E-state index in [0.717, 1.165) is 23.1 Å². The minimum Gasteiger partial charge on any atom is -0.474 e. The number of piperidine rings is 1. The minimum absolute atomic E-state index is 0.00615. The largest absolute Gasteiger partial charge is 0.474 e. The van der Waals surface area contributed by atoms with Crippen LogP contribution in [-0.2, 0) is 0 Å². The lowest BCUT2D eigenvalue weighted by Gasteiger charge is -2.31. The van der Waals surface area contributed by atoms with Crippen LogP contribution < -0.4 is 9.47 Å². The number of likely N-dealkylation sites (tertiary alicyclic amines) is 1. The summed E-state index contributed by atoms with van der Waals surface area (Å²) in [4.78, 5) is 27.2. The number of rotatable bonds is 4. The zero-order valence-electron chi connectivity index (χ0n) is 14.3. The fourth-order valence-corrected chi connectivity index (χ4v) is 3.87. The van der Waals surface area contributed by atoms with Crippen LogP contribution in [0.2, 0.25) is 0 Å². The molecule has 1 aromatic carbocycles. The van der Waals surface area contributed by atoms with Gasteiger partial charge in [0.25, 0.3) is 5.91 Å². The third-order valence-corrected chi connectivity index (χ3v) is 5.31. The van der Waals surface area contributed by atoms with Crippen LogP contribution in [0.5, 0.6) is 11.9 Å². The van der Waals surface area contributed by atoms with Gasteiger partial charge in [0.2, 0.25) is 5.88 Å². The Balaban J connectivity index is 1.37. The van der Waals surface area contributed by atoms with E-state index in [1.165, 1.54) is 18.4 Å². The van der Waals surface area contributed by atoms with Gasteiger partial charge in [-0.05, 0) is 12.1 Å². The van der Waals surface area contributed by atoms with Gasteiger partial charge >= 0.3 is 6.01 Å². The third-order valence-electron chi connectivity index (χ3n) is 4.28. The van der Waals surface area contributed by atoms with Gasteiger partial charge in [0.05, 0.1) is 17.3 Å². The second-order valence-electron chi connectivity index (χ2n) is 5.98. The predicted molar refractivity (Wildman–Crippen MR) is 97.8 cm³/mol. The predicted octanol–water partition coefficient (Wildman–Crippen LogP) is 2.78. The lowest BCUT2D eigenvalue weighted by Crippen LogP contribution is -2.41. The summed E-state index contributed by atoms with van der Waals surface area (Å²) in [6, 6.07) is 9.80. The normalized spacial score (nSPS) is 15.2. The van der Waals surface area contributed by atoms with Crippen molar-refractivity contribution in [2.24, 2.45) is 0 Å². The number of methoxy groups -OCH3 is 1. The van der Waals surface area contributed by atoms with Crippen molar-refractivity contribution in [1.82, 2.24) is 19.9 Å². The van der Waals surface area contributed by atoms with Gasteiger partial charge in [0.1, 0.15) is 6.10 Å². The molecule has 1 aliphatic rings. The highest BCUT2D eigenvalue weighted by molar-refractivity contribution is 7.20. The molecule has 0 bridgehead atoms. The molecule has 134 valence electrons. The Kier molecular flexibility index (Phi) is 4.66. The van der Waals surface area contributed by atoms with E-state index in [1.807, 2.05) is 29.2 Å². The highest BCUT2D eigenvalue weighted by atomic mass is 32.1. The van der Waals surface area contributed by atoms with E-state index in [2.05, 4.69) is 15.0 Å². The molecule has 3 aromatic rings. The van der Waals surface area contributed by atoms with Crippen molar-refractivity contribution in [3.63, 3.8) is 0 Å². The van der Waals surface area contributed by atoms with E-state index in [0.29, 0.717) is 24.0 Å². The van der Waals surface area contributed by atoms with Crippen LogP contribution in [0.4, 0.5) is 0 Å². The number of para-hydroxylation sites is 1. The molecule has 1 aliphatic heterocycles. The van der Waals surface area contributed by atoms with Gasteiger partial charge in [0.15, 0.2) is 5.01 Å². The number of hydrogen-bond acceptors (Lipinski definition) is 7. The summed E-state index contributed by atoms with van der Waals surface area (Å²) in [5.74, 6) is 0.487. The average molecular weight is 370 g/mol. The molecular formula is C18H18N4O3S. The van der Waals surface area contributed by atoms with Crippen molar-refractivity contribution in [2.75, 3.05) is 20.2 Å². The van der Waals surface area contributed by atoms with Crippen LogP contribution in [0.1, 0.15) is 22.6 Å². The Labute approximate surface area is 154 Å². The Morgan fingerprint density at radius 1 is 1.19 bits per heavy atom. The number of hydrogen-bond donors (Lipinski definition) is 0. The smallest absolute Gasteiger partial charge is 0.319 e. The van der Waals surface area contributed by atoms with Gasteiger partial charge in [-0.25, -0.2) is 9.97 Å². The number of aromatic nitrogens is 3. The van der Waals surface area contributed by atoms with Crippen LogP contribution in [0.15, 0.2) is 36.5 Å². The van der Waals surface area contributed by atoms with E-state index < -0.39 is 0 Å². The van der Waals surface area contributed by atoms with Crippen molar-refractivity contribution in [3.05, 3.63) is 41.5 Å². The first-order valence-corrected chi connectivity index (χ1v) is 9.23. The van der Waals surface area contributed by atoms with Gasteiger partial charge in [-0.3, -0.25) is 4.79 Å². The van der Waals surface area contributed by atoms with Gasteiger partial charge in [0, 0.05) is 38.2 Å². The van der Waals surface area contributed by atoms with Gasteiger partial charge in [-0.2, -0.15) is 4.98 Å². The molecule has 0 unspecified atom stereocenters. The number of nitrogens with zero attached hydrogens (tertiary/aromatic N) is 4. The molecule has 0 saturated carbocycles. The highest BCUT2D eigenvalue weighted by Gasteiger charge is 2.26. The molecular weight excluding hydrogens is 352 g/mol. The number of fused-ring (bicyclic) bond motifs is 1. The molecule has 0 radical (unpaired) electrons. The zero-order chi connectivity index (χ0) is 17.9. The van der Waals surface area contributed by atoms with E-state index in [4.69, 9.17) is 9.47 Å². The Morgan fingerprint density at radius 2 is 2.00 bits per heavy atom. The quantitative estimate of drug-likeness (QED) is 0.703. The maximum atomic E-state index is 12.7. The third kappa shape index (κ3) is 3.45. The number of ether oxygens (including phenoxy) is 2. The molecule has 1 saturated heterocycles. The summed E-state index contributed by atoms with van der Waals surface area (Å²) in [5.41, 5.74) is 0.872. The Hall–Kier alpha value is -2.74. The van der Waals surface area contributed by atoms with Crippen molar-refractivity contribution >= 4 is 27.5 Å². The molecule has 26 heavy (non-hydrogen) atoms. The van der Waals surface area contributed by atoms with Gasteiger partial charge in [-0.1, -0.05) is 12.1 Å². The number of carbonyl (C=O) groups excluding carboxylic acids is 1. The fraction of sp³-hybridized carbons (Fsp3) is 0.333. The van der Waals surface area contributed by atoms with Crippen LogP contribution in [0.3, 0.4) is 0 Å². The summed E-state index contributed by atoms with van der Waals surface area (Å²) in [6.45, 7) is 1.28. The lowest BCUT2D eigenvalue weighted by molar-refractivity contribution is 0.0586. The van der Waals surface area contributed by atoms with Crippen LogP contribution in [0, 0.1) is 0 Å². The van der Waals surface area contributed by atoms with Crippen molar-refractivity contribution < 1.29 is 14.3 Å². The standard InChI is InChI=1S/C18H18N4O3S/c1-24-18-19-9-6-15(21-18)25-12-7-10-22(11-8-12)17(23)16-20-13-4-2-3-5-14(13)26-16/h2-6,9,12H,7-8,10-11H2,1H3. The zero-order valence-corrected chi connectivity index (χ0v) is 15.1. The molecule has 8 heteroatoms. The van der Waals surface area contributed by atoms with Crippen molar-refractivity contribution in [3.8, 4) is 11.9 Å². The van der Waals surface area contributed by atoms with E-state index in [1.54, 1.807) is 12.3 Å². The maximum absolute atomic E-state index is 12.7. The van der Waals surface area contributed by atoms with Gasteiger partial charge in [-0.15, -0.1) is 11.3 Å². The summed E-state index contributed by atoms with van der Waals surface area (Å²) in [5, 5.41) is 0.547. The first-order chi connectivity index (χ1) is 12.7. The van der Waals surface area contributed by atoms with Crippen LogP contribution in [0.25, 0.3) is 10.2 Å². The number of amides is 1. The topological polar surface area (TPSA) is 77.4 Å². The molecule has 1 amide bonds. The molecule has 7 nitrogen and oxygen atoms in total. The van der Waals surface area contributed by atoms with E-state index in [9.17, 15) is 4.79 Å². The SMILES string of the molecule is COc1nccc(OC2CCN(C(=O)c3nc4ccccc4s3)CC2)n1. The number of benzene rings is 1. The van der Waals surface area contributed by atoms with E-state index in [-0.39, 0.29) is 18.0 Å². The monoisotopic (exact) mass is 370 g/mol. The van der Waals surface area contributed by atoms with E-state index >= 15 is 0 Å². The molecule has 0 aliphatic carbocycles. The van der Waals surface area contributed by atoms with Crippen molar-refractivity contribution in [1.29, 1.82) is 0 Å². The minimum atomic E-state index is -0.00615. The first kappa shape index (κ1) is 16.7. The molecule has 0 N–H and O–H groups in total. The summed E-state index contributed by atoms with van der Waals surface area (Å²) in [7, 11) is 1.52. The number of carbonyl (C=O) groups is 1. The summed E-state index contributed by atoms with van der Waals surface area (Å²) >= 11 is 1.44. The Bertz CT molecular complexity index is 888. The maximum Gasteiger partial charge on any atom is 0.319 e. The molecule has 0 atom stereocenters. The molecule has 2 aromatic heterocycles. The average Bonchev–Trinajstić information content (AvgIpc) is 3.12. The molecule has 3 heterocycles. The van der Waals surface area contributed by atoms with Crippen LogP contribution >= 0.6 is 11.3 Å². The fourth-order valence-electron chi connectivity index (χ4n) is 2.94. The molecule has 0 spiro atoms. The Morgan fingerprint density at radius 3 is 2.77 bits per heavy atom. The second kappa shape index (κ2) is 7.25. The molecule has 1 fully saturated rings.